The highest BCUT2D eigenvalue weighted by Crippen LogP contribution is 2.29. The summed E-state index contributed by atoms with van der Waals surface area (Å²) in [7, 11) is 3.13. The number of carbonyl (C=O) groups excluding carboxylic acids is 1. The minimum atomic E-state index is -0.251. The summed E-state index contributed by atoms with van der Waals surface area (Å²) in [6, 6.07) is 18.5. The number of anilines is 1. The quantitative estimate of drug-likeness (QED) is 0.667. The summed E-state index contributed by atoms with van der Waals surface area (Å²) in [6.07, 6.45) is 1.60. The number of hydrogen-bond donors (Lipinski definition) is 1. The number of furan rings is 1. The van der Waals surface area contributed by atoms with Gasteiger partial charge < -0.3 is 24.1 Å². The van der Waals surface area contributed by atoms with E-state index in [0.717, 1.165) is 5.56 Å². The first kappa shape index (κ1) is 18.4. The zero-order valence-corrected chi connectivity index (χ0v) is 15.3. The highest BCUT2D eigenvalue weighted by atomic mass is 16.5. The van der Waals surface area contributed by atoms with Crippen molar-refractivity contribution < 1.29 is 18.7 Å². The van der Waals surface area contributed by atoms with Crippen molar-refractivity contribution in [3.63, 3.8) is 0 Å². The fourth-order valence-electron chi connectivity index (χ4n) is 2.69. The highest BCUT2D eigenvalue weighted by Gasteiger charge is 2.18. The normalized spacial score (nSPS) is 10.3. The summed E-state index contributed by atoms with van der Waals surface area (Å²) in [6.45, 7) is 0.804. The van der Waals surface area contributed by atoms with Crippen molar-refractivity contribution in [3.05, 3.63) is 78.3 Å². The monoisotopic (exact) mass is 366 g/mol. The van der Waals surface area contributed by atoms with E-state index in [1.54, 1.807) is 49.6 Å². The Kier molecular flexibility index (Phi) is 5.99. The Hall–Kier alpha value is -3.41. The van der Waals surface area contributed by atoms with Crippen LogP contribution in [-0.4, -0.2) is 25.2 Å². The van der Waals surface area contributed by atoms with E-state index in [1.807, 2.05) is 36.4 Å². The summed E-state index contributed by atoms with van der Waals surface area (Å²) in [5.41, 5.74) is 1.60. The minimum Gasteiger partial charge on any atom is -0.497 e. The van der Waals surface area contributed by atoms with E-state index in [-0.39, 0.29) is 6.03 Å². The second-order valence-corrected chi connectivity index (χ2v) is 5.92. The van der Waals surface area contributed by atoms with Crippen molar-refractivity contribution in [2.45, 2.75) is 13.1 Å². The zero-order valence-electron chi connectivity index (χ0n) is 15.3. The predicted molar refractivity (Wildman–Crippen MR) is 103 cm³/mol. The van der Waals surface area contributed by atoms with E-state index in [4.69, 9.17) is 13.9 Å². The number of urea groups is 1. The van der Waals surface area contributed by atoms with Crippen molar-refractivity contribution in [2.24, 2.45) is 0 Å². The summed E-state index contributed by atoms with van der Waals surface area (Å²) < 4.78 is 16.0. The van der Waals surface area contributed by atoms with Gasteiger partial charge >= 0.3 is 6.03 Å². The molecule has 0 saturated heterocycles. The number of ether oxygens (including phenoxy) is 2. The lowest BCUT2D eigenvalue weighted by Gasteiger charge is -2.23. The Morgan fingerprint density at radius 2 is 1.81 bits per heavy atom. The number of benzene rings is 2. The van der Waals surface area contributed by atoms with Crippen LogP contribution in [0, 0.1) is 0 Å². The maximum Gasteiger partial charge on any atom is 0.322 e. The second kappa shape index (κ2) is 8.80. The van der Waals surface area contributed by atoms with Gasteiger partial charge in [0.1, 0.15) is 17.3 Å². The smallest absolute Gasteiger partial charge is 0.322 e. The minimum absolute atomic E-state index is 0.251. The lowest BCUT2D eigenvalue weighted by atomic mass is 10.2. The highest BCUT2D eigenvalue weighted by molar-refractivity contribution is 5.91. The Balaban J connectivity index is 1.80. The van der Waals surface area contributed by atoms with Crippen LogP contribution in [-0.2, 0) is 13.1 Å². The molecule has 0 spiro atoms. The maximum atomic E-state index is 13.0. The van der Waals surface area contributed by atoms with Crippen LogP contribution in [0.2, 0.25) is 0 Å². The Bertz CT molecular complexity index is 863. The van der Waals surface area contributed by atoms with Gasteiger partial charge in [0.05, 0.1) is 32.7 Å². The van der Waals surface area contributed by atoms with Crippen molar-refractivity contribution >= 4 is 11.7 Å². The molecule has 1 heterocycles. The molecule has 140 valence electrons. The maximum absolute atomic E-state index is 13.0. The number of hydrogen-bond acceptors (Lipinski definition) is 4. The molecule has 27 heavy (non-hydrogen) atoms. The molecule has 0 saturated carbocycles. The molecule has 1 aromatic heterocycles. The third-order valence-electron chi connectivity index (χ3n) is 4.08. The summed E-state index contributed by atoms with van der Waals surface area (Å²) in [5, 5.41) is 2.91. The molecule has 1 N–H and O–H groups in total. The molecular weight excluding hydrogens is 344 g/mol. The largest absolute Gasteiger partial charge is 0.497 e. The number of nitrogens with zero attached hydrogens (tertiary/aromatic N) is 1. The topological polar surface area (TPSA) is 63.9 Å². The van der Waals surface area contributed by atoms with Crippen molar-refractivity contribution in [1.82, 2.24) is 4.90 Å². The molecule has 2 aromatic carbocycles. The van der Waals surface area contributed by atoms with Crippen LogP contribution >= 0.6 is 0 Å². The van der Waals surface area contributed by atoms with Gasteiger partial charge in [-0.3, -0.25) is 0 Å². The Morgan fingerprint density at radius 1 is 1.00 bits per heavy atom. The fraction of sp³-hybridized carbons (Fsp3) is 0.190. The second-order valence-electron chi connectivity index (χ2n) is 5.92. The van der Waals surface area contributed by atoms with Crippen LogP contribution in [0.5, 0.6) is 11.5 Å². The van der Waals surface area contributed by atoms with Crippen LogP contribution in [0.4, 0.5) is 10.5 Å². The van der Waals surface area contributed by atoms with Crippen molar-refractivity contribution in [2.75, 3.05) is 19.5 Å². The molecule has 0 aliphatic carbocycles. The molecule has 0 unspecified atom stereocenters. The first-order valence-electron chi connectivity index (χ1n) is 8.54. The Morgan fingerprint density at radius 3 is 2.48 bits per heavy atom. The average molecular weight is 366 g/mol. The van der Waals surface area contributed by atoms with Crippen LogP contribution in [0.15, 0.2) is 71.3 Å². The van der Waals surface area contributed by atoms with Gasteiger partial charge in [-0.2, -0.15) is 0 Å². The zero-order chi connectivity index (χ0) is 19.1. The molecule has 2 amide bonds. The molecular formula is C21H22N2O4. The van der Waals surface area contributed by atoms with E-state index >= 15 is 0 Å². The fourth-order valence-corrected chi connectivity index (χ4v) is 2.69. The molecule has 6 heteroatoms. The number of amides is 2. The number of carbonyl (C=O) groups is 1. The van der Waals surface area contributed by atoms with Gasteiger partial charge in [0, 0.05) is 12.6 Å². The molecule has 0 atom stereocenters. The predicted octanol–water partition coefficient (Wildman–Crippen LogP) is 4.53. The molecule has 0 radical (unpaired) electrons. The van der Waals surface area contributed by atoms with E-state index in [1.165, 1.54) is 0 Å². The van der Waals surface area contributed by atoms with Crippen molar-refractivity contribution in [3.8, 4) is 11.5 Å². The molecule has 0 fully saturated rings. The van der Waals surface area contributed by atoms with Crippen LogP contribution < -0.4 is 14.8 Å². The van der Waals surface area contributed by atoms with Crippen LogP contribution in [0.1, 0.15) is 11.3 Å². The summed E-state index contributed by atoms with van der Waals surface area (Å²) in [5.74, 6) is 1.89. The van der Waals surface area contributed by atoms with E-state index in [9.17, 15) is 4.79 Å². The summed E-state index contributed by atoms with van der Waals surface area (Å²) in [4.78, 5) is 14.6. The third-order valence-corrected chi connectivity index (χ3v) is 4.08. The van der Waals surface area contributed by atoms with E-state index < -0.39 is 0 Å². The van der Waals surface area contributed by atoms with Gasteiger partial charge in [-0.15, -0.1) is 0 Å². The van der Waals surface area contributed by atoms with Crippen molar-refractivity contribution in [1.29, 1.82) is 0 Å². The number of nitrogens with one attached hydrogen (secondary N) is 1. The molecule has 0 aliphatic rings. The molecule has 3 aromatic rings. The Labute approximate surface area is 158 Å². The molecule has 0 aliphatic heterocycles. The first-order valence-corrected chi connectivity index (χ1v) is 8.54. The van der Waals surface area contributed by atoms with Gasteiger partial charge in [0.25, 0.3) is 0 Å². The molecule has 0 bridgehead atoms. The van der Waals surface area contributed by atoms with Crippen LogP contribution in [0.25, 0.3) is 0 Å². The van der Waals surface area contributed by atoms with Gasteiger partial charge in [-0.25, -0.2) is 4.79 Å². The van der Waals surface area contributed by atoms with Gasteiger partial charge in [0.15, 0.2) is 0 Å². The molecule has 3 rings (SSSR count). The standard InChI is InChI=1S/C21H22N2O4/c1-25-17-10-11-19(20(13-17)26-2)22-21(24)23(15-18-9-6-12-27-18)14-16-7-4-3-5-8-16/h3-13H,14-15H2,1-2H3,(H,22,24). The number of methoxy groups -OCH3 is 2. The summed E-state index contributed by atoms with van der Waals surface area (Å²) >= 11 is 0. The number of rotatable bonds is 7. The van der Waals surface area contributed by atoms with E-state index in [0.29, 0.717) is 36.0 Å². The lowest BCUT2D eigenvalue weighted by molar-refractivity contribution is 0.201. The lowest BCUT2D eigenvalue weighted by Crippen LogP contribution is -2.34. The SMILES string of the molecule is COc1ccc(NC(=O)N(Cc2ccccc2)Cc2ccco2)c(OC)c1. The van der Waals surface area contributed by atoms with Crippen LogP contribution in [0.3, 0.4) is 0 Å². The first-order chi connectivity index (χ1) is 13.2. The van der Waals surface area contributed by atoms with Gasteiger partial charge in [0.2, 0.25) is 0 Å². The molecule has 6 nitrogen and oxygen atoms in total. The average Bonchev–Trinajstić information content (AvgIpc) is 3.21. The van der Waals surface area contributed by atoms with E-state index in [2.05, 4.69) is 5.32 Å². The van der Waals surface area contributed by atoms with Gasteiger partial charge in [-0.05, 0) is 29.8 Å². The third kappa shape index (κ3) is 4.82. The van der Waals surface area contributed by atoms with Gasteiger partial charge in [-0.1, -0.05) is 30.3 Å².